The average molecular weight is 299 g/mol. The van der Waals surface area contributed by atoms with Gasteiger partial charge in [-0.2, -0.15) is 5.10 Å². The van der Waals surface area contributed by atoms with Crippen LogP contribution in [0, 0.1) is 0 Å². The Morgan fingerprint density at radius 2 is 2.30 bits per heavy atom. The van der Waals surface area contributed by atoms with E-state index in [1.807, 2.05) is 6.92 Å². The third kappa shape index (κ3) is 3.62. The van der Waals surface area contributed by atoms with Crippen LogP contribution in [0.5, 0.6) is 0 Å². The molecule has 0 saturated carbocycles. The van der Waals surface area contributed by atoms with E-state index < -0.39 is 10.0 Å². The molecule has 2 aromatic heterocycles. The Labute approximate surface area is 116 Å². The molecule has 0 fully saturated rings. The summed E-state index contributed by atoms with van der Waals surface area (Å²) in [6.45, 7) is 3.79. The fourth-order valence-electron chi connectivity index (χ4n) is 1.64. The van der Waals surface area contributed by atoms with Gasteiger partial charge in [-0.05, 0) is 6.54 Å². The van der Waals surface area contributed by atoms with Gasteiger partial charge in [0.1, 0.15) is 0 Å². The van der Waals surface area contributed by atoms with Crippen LogP contribution in [0.15, 0.2) is 23.6 Å². The summed E-state index contributed by atoms with van der Waals surface area (Å²) in [5.41, 5.74) is 0.611. The average Bonchev–Trinajstić information content (AvgIpc) is 3.07. The first-order valence-electron chi connectivity index (χ1n) is 6.20. The molecule has 2 aromatic rings. The SMILES string of the molecule is CCNCc1cn[nH]c1S(=O)(=O)NCCn1ccnn1. The summed E-state index contributed by atoms with van der Waals surface area (Å²) in [7, 11) is -3.60. The van der Waals surface area contributed by atoms with Gasteiger partial charge < -0.3 is 5.32 Å². The van der Waals surface area contributed by atoms with Crippen LogP contribution in [0.3, 0.4) is 0 Å². The first-order valence-corrected chi connectivity index (χ1v) is 7.68. The molecule has 0 aromatic carbocycles. The molecule has 0 aliphatic carbocycles. The van der Waals surface area contributed by atoms with Crippen molar-refractivity contribution in [2.75, 3.05) is 13.1 Å². The minimum absolute atomic E-state index is 0.0945. The second-order valence-corrected chi connectivity index (χ2v) is 5.77. The zero-order valence-electron chi connectivity index (χ0n) is 11.1. The van der Waals surface area contributed by atoms with E-state index in [9.17, 15) is 8.42 Å². The van der Waals surface area contributed by atoms with E-state index in [1.165, 1.54) is 12.4 Å². The van der Waals surface area contributed by atoms with Crippen molar-refractivity contribution in [2.24, 2.45) is 0 Å². The lowest BCUT2D eigenvalue weighted by molar-refractivity contribution is 0.548. The summed E-state index contributed by atoms with van der Waals surface area (Å²) in [6.07, 6.45) is 4.72. The van der Waals surface area contributed by atoms with E-state index in [-0.39, 0.29) is 11.6 Å². The monoisotopic (exact) mass is 299 g/mol. The maximum absolute atomic E-state index is 12.2. The van der Waals surface area contributed by atoms with Gasteiger partial charge in [-0.15, -0.1) is 5.10 Å². The molecule has 0 amide bonds. The molecule has 0 aliphatic heterocycles. The van der Waals surface area contributed by atoms with Gasteiger partial charge >= 0.3 is 0 Å². The first kappa shape index (κ1) is 14.6. The van der Waals surface area contributed by atoms with E-state index >= 15 is 0 Å². The van der Waals surface area contributed by atoms with Gasteiger partial charge in [-0.3, -0.25) is 9.78 Å². The van der Waals surface area contributed by atoms with Crippen molar-refractivity contribution in [3.05, 3.63) is 24.2 Å². The molecule has 20 heavy (non-hydrogen) atoms. The molecular weight excluding hydrogens is 282 g/mol. The Bertz CT molecular complexity index is 620. The Kier molecular flexibility index (Phi) is 4.82. The van der Waals surface area contributed by atoms with Crippen LogP contribution in [0.25, 0.3) is 0 Å². The molecule has 0 bridgehead atoms. The normalized spacial score (nSPS) is 11.8. The fourth-order valence-corrected chi connectivity index (χ4v) is 2.78. The Morgan fingerprint density at radius 3 is 3.00 bits per heavy atom. The maximum atomic E-state index is 12.2. The quantitative estimate of drug-likeness (QED) is 0.581. The third-order valence-corrected chi connectivity index (χ3v) is 4.09. The van der Waals surface area contributed by atoms with Crippen LogP contribution in [0.2, 0.25) is 0 Å². The zero-order valence-corrected chi connectivity index (χ0v) is 11.9. The molecule has 0 saturated heterocycles. The molecule has 9 nitrogen and oxygen atoms in total. The van der Waals surface area contributed by atoms with Crippen LogP contribution in [-0.2, 0) is 23.1 Å². The third-order valence-electron chi connectivity index (χ3n) is 2.62. The van der Waals surface area contributed by atoms with Crippen molar-refractivity contribution in [1.82, 2.24) is 35.2 Å². The molecule has 0 atom stereocenters. The van der Waals surface area contributed by atoms with Gasteiger partial charge in [0.15, 0.2) is 5.03 Å². The lowest BCUT2D eigenvalue weighted by Gasteiger charge is -2.07. The van der Waals surface area contributed by atoms with Gasteiger partial charge in [-0.1, -0.05) is 12.1 Å². The van der Waals surface area contributed by atoms with Crippen LogP contribution >= 0.6 is 0 Å². The largest absolute Gasteiger partial charge is 0.313 e. The Balaban J connectivity index is 1.97. The van der Waals surface area contributed by atoms with Crippen LogP contribution < -0.4 is 10.0 Å². The number of nitrogens with zero attached hydrogens (tertiary/aromatic N) is 4. The highest BCUT2D eigenvalue weighted by atomic mass is 32.2. The highest BCUT2D eigenvalue weighted by molar-refractivity contribution is 7.89. The summed E-state index contributed by atoms with van der Waals surface area (Å²) in [5, 5.41) is 16.9. The van der Waals surface area contributed by atoms with Gasteiger partial charge in [0, 0.05) is 24.8 Å². The summed E-state index contributed by atoms with van der Waals surface area (Å²) in [6, 6.07) is 0. The molecule has 3 N–H and O–H groups in total. The molecule has 0 aliphatic rings. The van der Waals surface area contributed by atoms with Crippen LogP contribution in [0.1, 0.15) is 12.5 Å². The highest BCUT2D eigenvalue weighted by Gasteiger charge is 2.19. The van der Waals surface area contributed by atoms with E-state index in [4.69, 9.17) is 0 Å². The van der Waals surface area contributed by atoms with Crippen molar-refractivity contribution in [3.63, 3.8) is 0 Å². The van der Waals surface area contributed by atoms with Gasteiger partial charge in [0.25, 0.3) is 10.0 Å². The number of hydrogen-bond donors (Lipinski definition) is 3. The van der Waals surface area contributed by atoms with Gasteiger partial charge in [-0.25, -0.2) is 13.1 Å². The molecule has 10 heteroatoms. The fraction of sp³-hybridized carbons (Fsp3) is 0.500. The predicted molar refractivity (Wildman–Crippen MR) is 71.2 cm³/mol. The van der Waals surface area contributed by atoms with E-state index in [0.29, 0.717) is 18.7 Å². The second kappa shape index (κ2) is 6.59. The smallest absolute Gasteiger partial charge is 0.257 e. The molecule has 0 radical (unpaired) electrons. The topological polar surface area (TPSA) is 118 Å². The standard InChI is InChI=1S/C10H17N7O2S/c1-2-11-7-9-8-13-15-10(9)20(18,19)14-4-6-17-5-3-12-16-17/h3,5,8,11,14H,2,4,6-7H2,1H3,(H,13,15). The number of aromatic nitrogens is 5. The summed E-state index contributed by atoms with van der Waals surface area (Å²) >= 11 is 0. The molecule has 0 spiro atoms. The number of sulfonamides is 1. The summed E-state index contributed by atoms with van der Waals surface area (Å²) in [5.74, 6) is 0. The van der Waals surface area contributed by atoms with Gasteiger partial charge in [0.2, 0.25) is 0 Å². The lowest BCUT2D eigenvalue weighted by Crippen LogP contribution is -2.29. The maximum Gasteiger partial charge on any atom is 0.257 e. The Hall–Kier alpha value is -1.78. The number of nitrogens with one attached hydrogen (secondary N) is 3. The van der Waals surface area contributed by atoms with E-state index in [2.05, 4.69) is 30.5 Å². The number of hydrogen-bond acceptors (Lipinski definition) is 6. The highest BCUT2D eigenvalue weighted by Crippen LogP contribution is 2.11. The van der Waals surface area contributed by atoms with Crippen molar-refractivity contribution in [1.29, 1.82) is 0 Å². The van der Waals surface area contributed by atoms with Crippen molar-refractivity contribution in [2.45, 2.75) is 25.0 Å². The second-order valence-electron chi connectivity index (χ2n) is 4.07. The minimum atomic E-state index is -3.60. The number of aromatic amines is 1. The molecule has 2 heterocycles. The Morgan fingerprint density at radius 1 is 1.45 bits per heavy atom. The molecule has 110 valence electrons. The van der Waals surface area contributed by atoms with Gasteiger partial charge in [0.05, 0.1) is 18.9 Å². The number of rotatable bonds is 8. The zero-order chi connectivity index (χ0) is 14.4. The molecule has 0 unspecified atom stereocenters. The lowest BCUT2D eigenvalue weighted by atomic mass is 10.3. The number of H-pyrrole nitrogens is 1. The van der Waals surface area contributed by atoms with Crippen LogP contribution in [-0.4, -0.2) is 46.7 Å². The van der Waals surface area contributed by atoms with Crippen molar-refractivity contribution >= 4 is 10.0 Å². The summed E-state index contributed by atoms with van der Waals surface area (Å²) in [4.78, 5) is 0. The summed E-state index contributed by atoms with van der Waals surface area (Å²) < 4.78 is 28.4. The van der Waals surface area contributed by atoms with Crippen molar-refractivity contribution < 1.29 is 8.42 Å². The predicted octanol–water partition coefficient (Wildman–Crippen LogP) is -0.911. The molecular formula is C10H17N7O2S. The van der Waals surface area contributed by atoms with E-state index in [1.54, 1.807) is 10.9 Å². The molecule has 2 rings (SSSR count). The first-order chi connectivity index (χ1) is 9.63. The van der Waals surface area contributed by atoms with E-state index in [0.717, 1.165) is 6.54 Å². The van der Waals surface area contributed by atoms with Crippen molar-refractivity contribution in [3.8, 4) is 0 Å². The van der Waals surface area contributed by atoms with Crippen LogP contribution in [0.4, 0.5) is 0 Å². The minimum Gasteiger partial charge on any atom is -0.313 e.